The van der Waals surface area contributed by atoms with Gasteiger partial charge in [0, 0.05) is 30.4 Å². The molecule has 0 saturated heterocycles. The predicted molar refractivity (Wildman–Crippen MR) is 116 cm³/mol. The third-order valence-electron chi connectivity index (χ3n) is 5.82. The van der Waals surface area contributed by atoms with Crippen molar-refractivity contribution in [1.29, 1.82) is 0 Å². The predicted octanol–water partition coefficient (Wildman–Crippen LogP) is 2.40. The second kappa shape index (κ2) is 8.41. The molecular weight excluding hydrogens is 424 g/mol. The van der Waals surface area contributed by atoms with E-state index in [1.807, 2.05) is 18.3 Å². The highest BCUT2D eigenvalue weighted by Gasteiger charge is 2.45. The lowest BCUT2D eigenvalue weighted by Crippen LogP contribution is -2.36. The maximum Gasteiger partial charge on any atom is 0.327 e. The number of anilines is 1. The average molecular weight is 446 g/mol. The smallest absolute Gasteiger partial charge is 0.327 e. The number of ether oxygens (including phenoxy) is 1. The molecule has 4 aromatic heterocycles. The maximum atomic E-state index is 11.7. The Hall–Kier alpha value is -4.15. The fourth-order valence-electron chi connectivity index (χ4n) is 3.92. The molecule has 0 atom stereocenters. The first-order valence-corrected chi connectivity index (χ1v) is 10.6. The molecule has 1 aliphatic carbocycles. The van der Waals surface area contributed by atoms with Gasteiger partial charge in [-0.25, -0.2) is 9.97 Å². The molecule has 0 aliphatic heterocycles. The Morgan fingerprint density at radius 1 is 1.15 bits per heavy atom. The molecule has 11 heteroatoms. The largest absolute Gasteiger partial charge is 0.465 e. The molecule has 1 fully saturated rings. The van der Waals surface area contributed by atoms with Gasteiger partial charge in [-0.1, -0.05) is 17.6 Å². The topological polar surface area (TPSA) is 148 Å². The van der Waals surface area contributed by atoms with E-state index >= 15 is 0 Å². The Morgan fingerprint density at radius 2 is 1.97 bits per heavy atom. The first-order chi connectivity index (χ1) is 16.1. The molecule has 0 unspecified atom stereocenters. The molecule has 0 amide bonds. The van der Waals surface area contributed by atoms with E-state index in [2.05, 4.69) is 30.2 Å². The third kappa shape index (κ3) is 3.93. The lowest BCUT2D eigenvalue weighted by atomic mass is 9.64. The van der Waals surface area contributed by atoms with Crippen molar-refractivity contribution in [3.63, 3.8) is 0 Å². The monoisotopic (exact) mass is 446 g/mol. The van der Waals surface area contributed by atoms with Gasteiger partial charge in [0.1, 0.15) is 6.54 Å². The van der Waals surface area contributed by atoms with Crippen LogP contribution < -0.4 is 5.73 Å². The van der Waals surface area contributed by atoms with Crippen LogP contribution in [0, 0.1) is 0 Å². The van der Waals surface area contributed by atoms with Gasteiger partial charge >= 0.3 is 5.97 Å². The molecule has 4 aromatic rings. The summed E-state index contributed by atoms with van der Waals surface area (Å²) in [6.07, 6.45) is 11.3. The number of pyridine rings is 1. The van der Waals surface area contributed by atoms with Crippen LogP contribution in [0.2, 0.25) is 0 Å². The van der Waals surface area contributed by atoms with E-state index in [1.54, 1.807) is 31.7 Å². The fourth-order valence-corrected chi connectivity index (χ4v) is 3.92. The Morgan fingerprint density at radius 3 is 2.64 bits per heavy atom. The lowest BCUT2D eigenvalue weighted by Gasteiger charge is -2.39. The van der Waals surface area contributed by atoms with Crippen molar-refractivity contribution in [1.82, 2.24) is 34.9 Å². The molecule has 0 bridgehead atoms. The van der Waals surface area contributed by atoms with E-state index in [1.165, 1.54) is 4.68 Å². The zero-order valence-corrected chi connectivity index (χ0v) is 18.0. The van der Waals surface area contributed by atoms with Crippen molar-refractivity contribution in [2.24, 2.45) is 0 Å². The number of rotatable bonds is 7. The van der Waals surface area contributed by atoms with Crippen LogP contribution in [0.1, 0.15) is 37.6 Å². The molecule has 5 rings (SSSR count). The summed E-state index contributed by atoms with van der Waals surface area (Å²) in [7, 11) is 0. The molecule has 0 spiro atoms. The standard InChI is InChI=1S/C22H22N8O3/c1-2-32-18(31)13-30-12-15(10-27-30)19-28-20(29-33-19)22(6-3-7-22)16-4-5-17(24-11-16)14-8-25-21(23)26-9-14/h4-5,8-12H,2-3,6-7,13H2,1H3,(H2,23,25,26). The van der Waals surface area contributed by atoms with Gasteiger partial charge in [0.2, 0.25) is 5.95 Å². The van der Waals surface area contributed by atoms with Crippen molar-refractivity contribution in [3.8, 4) is 22.7 Å². The highest BCUT2D eigenvalue weighted by Crippen LogP contribution is 2.48. The van der Waals surface area contributed by atoms with Gasteiger partial charge in [0.15, 0.2) is 5.82 Å². The molecule has 11 nitrogen and oxygen atoms in total. The van der Waals surface area contributed by atoms with Gasteiger partial charge < -0.3 is 15.0 Å². The minimum Gasteiger partial charge on any atom is -0.465 e. The number of nitrogens with two attached hydrogens (primary N) is 1. The van der Waals surface area contributed by atoms with Crippen LogP contribution in [0.15, 0.2) is 47.6 Å². The quantitative estimate of drug-likeness (QED) is 0.419. The van der Waals surface area contributed by atoms with E-state index < -0.39 is 0 Å². The first kappa shape index (κ1) is 20.7. The number of esters is 1. The van der Waals surface area contributed by atoms with E-state index in [4.69, 9.17) is 15.0 Å². The van der Waals surface area contributed by atoms with Crippen molar-refractivity contribution < 1.29 is 14.1 Å². The lowest BCUT2D eigenvalue weighted by molar-refractivity contribution is -0.144. The number of nitrogen functional groups attached to an aromatic ring is 1. The summed E-state index contributed by atoms with van der Waals surface area (Å²) >= 11 is 0. The van der Waals surface area contributed by atoms with Crippen molar-refractivity contribution in [2.75, 3.05) is 12.3 Å². The molecule has 168 valence electrons. The normalized spacial score (nSPS) is 14.6. The van der Waals surface area contributed by atoms with E-state index in [-0.39, 0.29) is 23.9 Å². The van der Waals surface area contributed by atoms with Crippen LogP contribution in [0.4, 0.5) is 5.95 Å². The second-order valence-corrected chi connectivity index (χ2v) is 7.85. The number of hydrogen-bond donors (Lipinski definition) is 1. The molecule has 1 aliphatic rings. The number of aromatic nitrogens is 7. The van der Waals surface area contributed by atoms with Crippen LogP contribution in [0.25, 0.3) is 22.7 Å². The average Bonchev–Trinajstić information content (AvgIpc) is 3.44. The number of hydrogen-bond acceptors (Lipinski definition) is 10. The van der Waals surface area contributed by atoms with Gasteiger partial charge in [0.05, 0.1) is 29.5 Å². The fraction of sp³-hybridized carbons (Fsp3) is 0.318. The first-order valence-electron chi connectivity index (χ1n) is 10.6. The maximum absolute atomic E-state index is 11.7. The van der Waals surface area contributed by atoms with Gasteiger partial charge in [-0.3, -0.25) is 14.5 Å². The Kier molecular flexibility index (Phi) is 5.29. The van der Waals surface area contributed by atoms with Crippen LogP contribution in [-0.4, -0.2) is 47.4 Å². The van der Waals surface area contributed by atoms with Crippen LogP contribution in [0.5, 0.6) is 0 Å². The Bertz CT molecular complexity index is 1260. The van der Waals surface area contributed by atoms with Crippen LogP contribution in [0.3, 0.4) is 0 Å². The molecule has 2 N–H and O–H groups in total. The molecule has 0 radical (unpaired) electrons. The highest BCUT2D eigenvalue weighted by atomic mass is 16.5. The Labute approximate surface area is 189 Å². The third-order valence-corrected chi connectivity index (χ3v) is 5.82. The summed E-state index contributed by atoms with van der Waals surface area (Å²) in [5, 5.41) is 8.46. The van der Waals surface area contributed by atoms with Crippen molar-refractivity contribution in [3.05, 3.63) is 54.5 Å². The summed E-state index contributed by atoms with van der Waals surface area (Å²) in [6.45, 7) is 2.11. The summed E-state index contributed by atoms with van der Waals surface area (Å²) in [4.78, 5) is 29.0. The highest BCUT2D eigenvalue weighted by molar-refractivity contribution is 5.69. The molecule has 4 heterocycles. The molecule has 33 heavy (non-hydrogen) atoms. The van der Waals surface area contributed by atoms with Gasteiger partial charge in [0.25, 0.3) is 5.89 Å². The van der Waals surface area contributed by atoms with Crippen LogP contribution in [-0.2, 0) is 21.5 Å². The second-order valence-electron chi connectivity index (χ2n) is 7.85. The summed E-state index contributed by atoms with van der Waals surface area (Å²) in [5.41, 5.74) is 8.44. The van der Waals surface area contributed by atoms with E-state index in [0.717, 1.165) is 36.1 Å². The summed E-state index contributed by atoms with van der Waals surface area (Å²) < 4.78 is 12.0. The van der Waals surface area contributed by atoms with Gasteiger partial charge in [-0.15, -0.1) is 0 Å². The number of carbonyl (C=O) groups excluding carboxylic acids is 1. The number of carbonyl (C=O) groups is 1. The number of nitrogens with zero attached hydrogens (tertiary/aromatic N) is 7. The zero-order chi connectivity index (χ0) is 22.8. The van der Waals surface area contributed by atoms with E-state index in [0.29, 0.717) is 23.9 Å². The zero-order valence-electron chi connectivity index (χ0n) is 18.0. The molecular formula is C22H22N8O3. The van der Waals surface area contributed by atoms with Gasteiger partial charge in [-0.2, -0.15) is 10.1 Å². The summed E-state index contributed by atoms with van der Waals surface area (Å²) in [6, 6.07) is 3.97. The van der Waals surface area contributed by atoms with Gasteiger partial charge in [-0.05, 0) is 31.4 Å². The minimum absolute atomic E-state index is 0.0236. The molecule has 0 aromatic carbocycles. The minimum atomic E-state index is -0.353. The van der Waals surface area contributed by atoms with E-state index in [9.17, 15) is 4.79 Å². The molecule has 1 saturated carbocycles. The summed E-state index contributed by atoms with van der Waals surface area (Å²) in [5.74, 6) is 0.846. The Balaban J connectivity index is 1.37. The van der Waals surface area contributed by atoms with Crippen molar-refractivity contribution >= 4 is 11.9 Å². The van der Waals surface area contributed by atoms with Crippen molar-refractivity contribution in [2.45, 2.75) is 38.1 Å². The van der Waals surface area contributed by atoms with Crippen LogP contribution >= 0.6 is 0 Å². The SMILES string of the molecule is CCOC(=O)Cn1cc(-c2nc(C3(c4ccc(-c5cnc(N)nc5)nc4)CCC3)no2)cn1.